The molecule has 0 heterocycles. The molecule has 0 aromatic heterocycles. The SMILES string of the molecule is CC(c1cccc(Cl)c1)N(C)CC(=O)Nc1ccccc1SCC(N)=O. The van der Waals surface area contributed by atoms with E-state index in [4.69, 9.17) is 17.3 Å². The number of hydrogen-bond acceptors (Lipinski definition) is 4. The first-order valence-electron chi connectivity index (χ1n) is 8.12. The fraction of sp³-hybridized carbons (Fsp3) is 0.263. The monoisotopic (exact) mass is 391 g/mol. The minimum Gasteiger partial charge on any atom is -0.369 e. The van der Waals surface area contributed by atoms with Gasteiger partial charge in [-0.2, -0.15) is 0 Å². The highest BCUT2D eigenvalue weighted by Crippen LogP contribution is 2.27. The highest BCUT2D eigenvalue weighted by molar-refractivity contribution is 8.00. The molecule has 7 heteroatoms. The van der Waals surface area contributed by atoms with Crippen LogP contribution in [0.25, 0.3) is 0 Å². The number of carbonyl (C=O) groups excluding carboxylic acids is 2. The van der Waals surface area contributed by atoms with Gasteiger partial charge in [-0.25, -0.2) is 0 Å². The lowest BCUT2D eigenvalue weighted by Crippen LogP contribution is -2.32. The van der Waals surface area contributed by atoms with E-state index >= 15 is 0 Å². The molecule has 0 saturated carbocycles. The summed E-state index contributed by atoms with van der Waals surface area (Å²) in [6.07, 6.45) is 0. The number of nitrogens with zero attached hydrogens (tertiary/aromatic N) is 1. The first kappa shape index (κ1) is 20.3. The van der Waals surface area contributed by atoms with Crippen LogP contribution in [0.4, 0.5) is 5.69 Å². The van der Waals surface area contributed by atoms with E-state index in [0.717, 1.165) is 10.5 Å². The Bertz CT molecular complexity index is 785. The van der Waals surface area contributed by atoms with Gasteiger partial charge >= 0.3 is 0 Å². The molecule has 2 amide bonds. The van der Waals surface area contributed by atoms with Gasteiger partial charge in [0.2, 0.25) is 11.8 Å². The predicted octanol–water partition coefficient (Wildman–Crippen LogP) is 3.55. The second-order valence-electron chi connectivity index (χ2n) is 5.95. The van der Waals surface area contributed by atoms with Crippen molar-refractivity contribution in [2.24, 2.45) is 5.73 Å². The van der Waals surface area contributed by atoms with Gasteiger partial charge in [-0.1, -0.05) is 35.9 Å². The largest absolute Gasteiger partial charge is 0.369 e. The molecule has 0 spiro atoms. The quantitative estimate of drug-likeness (QED) is 0.675. The fourth-order valence-electron chi connectivity index (χ4n) is 2.42. The van der Waals surface area contributed by atoms with Crippen LogP contribution < -0.4 is 11.1 Å². The summed E-state index contributed by atoms with van der Waals surface area (Å²) < 4.78 is 0. The molecule has 0 bridgehead atoms. The number of rotatable bonds is 8. The molecule has 3 N–H and O–H groups in total. The molecule has 1 atom stereocenters. The summed E-state index contributed by atoms with van der Waals surface area (Å²) in [5.74, 6) is -0.363. The van der Waals surface area contributed by atoms with E-state index in [1.54, 1.807) is 0 Å². The van der Waals surface area contributed by atoms with Crippen molar-refractivity contribution in [3.8, 4) is 0 Å². The Labute approximate surface area is 162 Å². The van der Waals surface area contributed by atoms with E-state index in [0.29, 0.717) is 10.7 Å². The Morgan fingerprint density at radius 2 is 1.96 bits per heavy atom. The van der Waals surface area contributed by atoms with Gasteiger partial charge in [0.25, 0.3) is 0 Å². The topological polar surface area (TPSA) is 75.4 Å². The standard InChI is InChI=1S/C19H22ClN3O2S/c1-13(14-6-5-7-15(20)10-14)23(2)11-19(25)22-16-8-3-4-9-17(16)26-12-18(21)24/h3-10,13H,11-12H2,1-2H3,(H2,21,24)(H,22,25). The lowest BCUT2D eigenvalue weighted by molar-refractivity contribution is -0.117. The molecule has 2 rings (SSSR count). The van der Waals surface area contributed by atoms with Crippen LogP contribution in [0.2, 0.25) is 5.02 Å². The van der Waals surface area contributed by atoms with Gasteiger partial charge in [0.05, 0.1) is 18.0 Å². The van der Waals surface area contributed by atoms with Gasteiger partial charge < -0.3 is 11.1 Å². The summed E-state index contributed by atoms with van der Waals surface area (Å²) in [6, 6.07) is 15.0. The molecule has 0 aliphatic heterocycles. The number of nitrogens with one attached hydrogen (secondary N) is 1. The van der Waals surface area contributed by atoms with Crippen LogP contribution in [-0.4, -0.2) is 36.1 Å². The van der Waals surface area contributed by atoms with Crippen molar-refractivity contribution in [2.75, 3.05) is 24.7 Å². The molecular formula is C19H22ClN3O2S. The van der Waals surface area contributed by atoms with Crippen molar-refractivity contribution in [2.45, 2.75) is 17.9 Å². The maximum Gasteiger partial charge on any atom is 0.238 e. The molecule has 1 unspecified atom stereocenters. The summed E-state index contributed by atoms with van der Waals surface area (Å²) >= 11 is 7.35. The number of primary amides is 1. The van der Waals surface area contributed by atoms with Crippen molar-refractivity contribution in [3.05, 3.63) is 59.1 Å². The van der Waals surface area contributed by atoms with Gasteiger partial charge in [0.1, 0.15) is 0 Å². The lowest BCUT2D eigenvalue weighted by atomic mass is 10.1. The van der Waals surface area contributed by atoms with E-state index in [2.05, 4.69) is 5.32 Å². The maximum atomic E-state index is 12.4. The van der Waals surface area contributed by atoms with Gasteiger partial charge in [0.15, 0.2) is 0 Å². The Morgan fingerprint density at radius 3 is 2.65 bits per heavy atom. The summed E-state index contributed by atoms with van der Waals surface area (Å²) in [5, 5.41) is 3.58. The van der Waals surface area contributed by atoms with Gasteiger partial charge in [-0.15, -0.1) is 11.8 Å². The van der Waals surface area contributed by atoms with Crippen molar-refractivity contribution in [3.63, 3.8) is 0 Å². The summed E-state index contributed by atoms with van der Waals surface area (Å²) in [5.41, 5.74) is 6.91. The zero-order valence-electron chi connectivity index (χ0n) is 14.7. The average Bonchev–Trinajstić information content (AvgIpc) is 2.60. The molecule has 0 radical (unpaired) electrons. The number of para-hydroxylation sites is 1. The van der Waals surface area contributed by atoms with E-state index in [9.17, 15) is 9.59 Å². The van der Waals surface area contributed by atoms with Crippen molar-refractivity contribution in [1.82, 2.24) is 4.90 Å². The minimum absolute atomic E-state index is 0.0407. The van der Waals surface area contributed by atoms with Gasteiger partial charge in [-0.05, 0) is 43.8 Å². The number of benzene rings is 2. The molecule has 0 fully saturated rings. The first-order valence-corrected chi connectivity index (χ1v) is 9.49. The minimum atomic E-state index is -0.397. The third kappa shape index (κ3) is 6.05. The maximum absolute atomic E-state index is 12.4. The number of nitrogens with two attached hydrogens (primary N) is 1. The summed E-state index contributed by atoms with van der Waals surface area (Å²) in [4.78, 5) is 26.2. The van der Waals surface area contributed by atoms with Crippen molar-refractivity contribution >= 4 is 40.9 Å². The predicted molar refractivity (Wildman–Crippen MR) is 107 cm³/mol. The van der Waals surface area contributed by atoms with Gasteiger partial charge in [0, 0.05) is 16.0 Å². The molecular weight excluding hydrogens is 370 g/mol. The zero-order valence-corrected chi connectivity index (χ0v) is 16.3. The molecule has 5 nitrogen and oxygen atoms in total. The fourth-order valence-corrected chi connectivity index (χ4v) is 3.36. The van der Waals surface area contributed by atoms with Gasteiger partial charge in [-0.3, -0.25) is 14.5 Å². The van der Waals surface area contributed by atoms with Crippen LogP contribution >= 0.6 is 23.4 Å². The summed E-state index contributed by atoms with van der Waals surface area (Å²) in [7, 11) is 1.89. The summed E-state index contributed by atoms with van der Waals surface area (Å²) in [6.45, 7) is 2.25. The second-order valence-corrected chi connectivity index (χ2v) is 7.40. The van der Waals surface area contributed by atoms with E-state index in [-0.39, 0.29) is 24.2 Å². The molecule has 26 heavy (non-hydrogen) atoms. The van der Waals surface area contributed by atoms with Crippen molar-refractivity contribution < 1.29 is 9.59 Å². The molecule has 0 aliphatic carbocycles. The van der Waals surface area contributed by atoms with Crippen LogP contribution in [-0.2, 0) is 9.59 Å². The molecule has 0 aliphatic rings. The number of thioether (sulfide) groups is 1. The average molecular weight is 392 g/mol. The van der Waals surface area contributed by atoms with Crippen LogP contribution in [0.15, 0.2) is 53.4 Å². The number of anilines is 1. The lowest BCUT2D eigenvalue weighted by Gasteiger charge is -2.24. The van der Waals surface area contributed by atoms with Crippen molar-refractivity contribution in [1.29, 1.82) is 0 Å². The Kier molecular flexibility index (Phi) is 7.50. The molecule has 2 aromatic rings. The van der Waals surface area contributed by atoms with Crippen LogP contribution in [0.5, 0.6) is 0 Å². The van der Waals surface area contributed by atoms with Crippen LogP contribution in [0.1, 0.15) is 18.5 Å². The molecule has 138 valence electrons. The highest BCUT2D eigenvalue weighted by atomic mass is 35.5. The Balaban J connectivity index is 1.99. The number of likely N-dealkylation sites (N-methyl/N-ethyl adjacent to an activating group) is 1. The first-order chi connectivity index (χ1) is 12.4. The third-order valence-corrected chi connectivity index (χ3v) is 5.25. The van der Waals surface area contributed by atoms with E-state index in [1.807, 2.05) is 67.4 Å². The highest BCUT2D eigenvalue weighted by Gasteiger charge is 2.16. The van der Waals surface area contributed by atoms with E-state index < -0.39 is 5.91 Å². The number of hydrogen-bond donors (Lipinski definition) is 2. The Morgan fingerprint density at radius 1 is 1.23 bits per heavy atom. The second kappa shape index (κ2) is 9.62. The van der Waals surface area contributed by atoms with Crippen LogP contribution in [0.3, 0.4) is 0 Å². The van der Waals surface area contributed by atoms with Crippen LogP contribution in [0, 0.1) is 0 Å². The Hall–Kier alpha value is -2.02. The number of amides is 2. The third-order valence-electron chi connectivity index (χ3n) is 3.92. The smallest absolute Gasteiger partial charge is 0.238 e. The normalized spacial score (nSPS) is 12.0. The zero-order chi connectivity index (χ0) is 19.1. The van der Waals surface area contributed by atoms with E-state index in [1.165, 1.54) is 11.8 Å². The number of carbonyl (C=O) groups is 2. The molecule has 0 saturated heterocycles. The number of halogens is 1. The molecule has 2 aromatic carbocycles.